The molecule has 0 saturated carbocycles. The molecule has 1 N–H and O–H groups in total. The van der Waals surface area contributed by atoms with Gasteiger partial charge in [-0.05, 0) is 75.4 Å². The summed E-state index contributed by atoms with van der Waals surface area (Å²) in [6.45, 7) is 8.33. The van der Waals surface area contributed by atoms with E-state index in [0.29, 0.717) is 41.8 Å². The normalized spacial score (nSPS) is 14.1. The lowest BCUT2D eigenvalue weighted by Crippen LogP contribution is -2.38. The van der Waals surface area contributed by atoms with Crippen LogP contribution in [-0.4, -0.2) is 56.7 Å². The van der Waals surface area contributed by atoms with E-state index in [-0.39, 0.29) is 24.5 Å². The van der Waals surface area contributed by atoms with Crippen molar-refractivity contribution in [2.24, 2.45) is 0 Å². The van der Waals surface area contributed by atoms with Crippen LogP contribution in [0.25, 0.3) is 0 Å². The molecule has 1 fully saturated rings. The second-order valence-electron chi connectivity index (χ2n) is 8.78. The Labute approximate surface area is 213 Å². The number of rotatable bonds is 12. The predicted molar refractivity (Wildman–Crippen MR) is 138 cm³/mol. The molecule has 2 aromatic rings. The van der Waals surface area contributed by atoms with Gasteiger partial charge in [-0.15, -0.1) is 0 Å². The number of carbonyl (C=O) groups is 2. The van der Waals surface area contributed by atoms with Crippen LogP contribution in [0.3, 0.4) is 0 Å². The van der Waals surface area contributed by atoms with E-state index in [9.17, 15) is 9.59 Å². The molecule has 8 heteroatoms. The summed E-state index contributed by atoms with van der Waals surface area (Å²) in [6.07, 6.45) is 4.12. The first kappa shape index (κ1) is 27.2. The minimum absolute atomic E-state index is 0.0330. The minimum Gasteiger partial charge on any atom is -0.493 e. The van der Waals surface area contributed by atoms with Gasteiger partial charge in [-0.25, -0.2) is 0 Å². The van der Waals surface area contributed by atoms with Gasteiger partial charge < -0.3 is 29.2 Å². The maximum absolute atomic E-state index is 13.0. The minimum atomic E-state index is -0.264. The Balaban J connectivity index is 1.66. The van der Waals surface area contributed by atoms with Crippen LogP contribution < -0.4 is 24.3 Å². The average Bonchev–Trinajstić information content (AvgIpc) is 2.91. The SMILES string of the molecule is CCCOc1ccc(C(C)NC(=O)c2ccc(OCC(=O)N3CCCCC3)c(OCC)c2)cc1OC. The molecular formula is C28H38N2O6. The summed E-state index contributed by atoms with van der Waals surface area (Å²) >= 11 is 0. The highest BCUT2D eigenvalue weighted by atomic mass is 16.5. The van der Waals surface area contributed by atoms with E-state index in [0.717, 1.165) is 44.3 Å². The number of amides is 2. The maximum atomic E-state index is 13.0. The Morgan fingerprint density at radius 3 is 2.33 bits per heavy atom. The van der Waals surface area contributed by atoms with Crippen molar-refractivity contribution < 1.29 is 28.5 Å². The van der Waals surface area contributed by atoms with Crippen molar-refractivity contribution in [3.63, 3.8) is 0 Å². The van der Waals surface area contributed by atoms with Gasteiger partial charge in [0, 0.05) is 18.7 Å². The largest absolute Gasteiger partial charge is 0.493 e. The number of hydrogen-bond donors (Lipinski definition) is 1. The maximum Gasteiger partial charge on any atom is 0.260 e. The Bertz CT molecular complexity index is 1020. The molecule has 0 aliphatic carbocycles. The number of likely N-dealkylation sites (tertiary alicyclic amines) is 1. The molecule has 1 saturated heterocycles. The smallest absolute Gasteiger partial charge is 0.260 e. The molecule has 2 aromatic carbocycles. The number of nitrogens with zero attached hydrogens (tertiary/aromatic N) is 1. The summed E-state index contributed by atoms with van der Waals surface area (Å²) in [5.41, 5.74) is 1.33. The fourth-order valence-corrected chi connectivity index (χ4v) is 4.06. The third kappa shape index (κ3) is 7.29. The standard InChI is InChI=1S/C28H38N2O6/c1-5-16-35-23-12-10-21(17-25(23)33-4)20(3)29-28(32)22-11-13-24(26(18-22)34-6-2)36-19-27(31)30-14-8-7-9-15-30/h10-13,17-18,20H,5-9,14-16,19H2,1-4H3,(H,29,32). The molecule has 0 spiro atoms. The molecule has 1 unspecified atom stereocenters. The van der Waals surface area contributed by atoms with Crippen molar-refractivity contribution in [3.05, 3.63) is 47.5 Å². The predicted octanol–water partition coefficient (Wildman–Crippen LogP) is 4.77. The second-order valence-corrected chi connectivity index (χ2v) is 8.78. The number of ether oxygens (including phenoxy) is 4. The zero-order valence-electron chi connectivity index (χ0n) is 21.8. The molecule has 36 heavy (non-hydrogen) atoms. The lowest BCUT2D eigenvalue weighted by Gasteiger charge is -2.26. The fraction of sp³-hybridized carbons (Fsp3) is 0.500. The van der Waals surface area contributed by atoms with E-state index in [1.54, 1.807) is 25.3 Å². The molecule has 1 aliphatic rings. The molecular weight excluding hydrogens is 460 g/mol. The van der Waals surface area contributed by atoms with E-state index >= 15 is 0 Å². The molecule has 1 aliphatic heterocycles. The van der Waals surface area contributed by atoms with Crippen LogP contribution in [-0.2, 0) is 4.79 Å². The molecule has 196 valence electrons. The lowest BCUT2D eigenvalue weighted by molar-refractivity contribution is -0.134. The van der Waals surface area contributed by atoms with Crippen LogP contribution in [0, 0.1) is 0 Å². The van der Waals surface area contributed by atoms with Crippen LogP contribution in [0.4, 0.5) is 0 Å². The van der Waals surface area contributed by atoms with Gasteiger partial charge >= 0.3 is 0 Å². The van der Waals surface area contributed by atoms with Gasteiger partial charge in [-0.3, -0.25) is 9.59 Å². The van der Waals surface area contributed by atoms with Crippen LogP contribution in [0.2, 0.25) is 0 Å². The van der Waals surface area contributed by atoms with Crippen molar-refractivity contribution >= 4 is 11.8 Å². The summed E-state index contributed by atoms with van der Waals surface area (Å²) in [5.74, 6) is 1.90. The molecule has 0 radical (unpaired) electrons. The van der Waals surface area contributed by atoms with Crippen molar-refractivity contribution in [1.29, 1.82) is 0 Å². The molecule has 8 nitrogen and oxygen atoms in total. The Morgan fingerprint density at radius 2 is 1.64 bits per heavy atom. The van der Waals surface area contributed by atoms with Crippen molar-refractivity contribution in [3.8, 4) is 23.0 Å². The van der Waals surface area contributed by atoms with Crippen molar-refractivity contribution in [1.82, 2.24) is 10.2 Å². The average molecular weight is 499 g/mol. The van der Waals surface area contributed by atoms with Gasteiger partial charge in [0.2, 0.25) is 0 Å². The van der Waals surface area contributed by atoms with Gasteiger partial charge in [-0.2, -0.15) is 0 Å². The highest BCUT2D eigenvalue weighted by molar-refractivity contribution is 5.95. The van der Waals surface area contributed by atoms with Crippen LogP contribution in [0.15, 0.2) is 36.4 Å². The lowest BCUT2D eigenvalue weighted by atomic mass is 10.1. The zero-order chi connectivity index (χ0) is 25.9. The molecule has 3 rings (SSSR count). The van der Waals surface area contributed by atoms with Crippen LogP contribution in [0.1, 0.15) is 68.4 Å². The highest BCUT2D eigenvalue weighted by Gasteiger charge is 2.19. The number of nitrogens with one attached hydrogen (secondary N) is 1. The topological polar surface area (TPSA) is 86.3 Å². The zero-order valence-corrected chi connectivity index (χ0v) is 21.8. The van der Waals surface area contributed by atoms with E-state index < -0.39 is 0 Å². The number of methoxy groups -OCH3 is 1. The van der Waals surface area contributed by atoms with Gasteiger partial charge in [0.1, 0.15) is 0 Å². The Hall–Kier alpha value is -3.42. The van der Waals surface area contributed by atoms with Gasteiger partial charge in [0.05, 0.1) is 26.4 Å². The quantitative estimate of drug-likeness (QED) is 0.454. The van der Waals surface area contributed by atoms with Gasteiger partial charge in [0.25, 0.3) is 11.8 Å². The second kappa shape index (κ2) is 13.6. The number of piperidine rings is 1. The first-order valence-electron chi connectivity index (χ1n) is 12.8. The molecule has 0 bridgehead atoms. The van der Waals surface area contributed by atoms with Crippen molar-refractivity contribution in [2.75, 3.05) is 40.0 Å². The first-order chi connectivity index (χ1) is 17.5. The van der Waals surface area contributed by atoms with E-state index in [1.165, 1.54) is 0 Å². The van der Waals surface area contributed by atoms with Gasteiger partial charge in [0.15, 0.2) is 29.6 Å². The van der Waals surface area contributed by atoms with E-state index in [1.807, 2.05) is 43.9 Å². The third-order valence-electron chi connectivity index (χ3n) is 6.06. The number of carbonyl (C=O) groups excluding carboxylic acids is 2. The summed E-state index contributed by atoms with van der Waals surface area (Å²) < 4.78 is 22.7. The third-order valence-corrected chi connectivity index (χ3v) is 6.06. The Kier molecular flexibility index (Phi) is 10.3. The molecule has 0 aromatic heterocycles. The summed E-state index contributed by atoms with van der Waals surface area (Å²) in [5, 5.41) is 3.02. The van der Waals surface area contributed by atoms with Crippen LogP contribution in [0.5, 0.6) is 23.0 Å². The van der Waals surface area contributed by atoms with E-state index in [2.05, 4.69) is 5.32 Å². The molecule has 2 amide bonds. The summed E-state index contributed by atoms with van der Waals surface area (Å²) in [6, 6.07) is 10.4. The molecule has 1 heterocycles. The van der Waals surface area contributed by atoms with Crippen LogP contribution >= 0.6 is 0 Å². The monoisotopic (exact) mass is 498 g/mol. The molecule has 1 atom stereocenters. The van der Waals surface area contributed by atoms with Gasteiger partial charge in [-0.1, -0.05) is 13.0 Å². The summed E-state index contributed by atoms with van der Waals surface area (Å²) in [7, 11) is 1.60. The number of benzene rings is 2. The fourth-order valence-electron chi connectivity index (χ4n) is 4.06. The number of hydrogen-bond acceptors (Lipinski definition) is 6. The summed E-state index contributed by atoms with van der Waals surface area (Å²) in [4.78, 5) is 27.3. The highest BCUT2D eigenvalue weighted by Crippen LogP contribution is 2.31. The van der Waals surface area contributed by atoms with E-state index in [4.69, 9.17) is 18.9 Å². The Morgan fingerprint density at radius 1 is 0.917 bits per heavy atom. The van der Waals surface area contributed by atoms with Crippen molar-refractivity contribution in [2.45, 2.75) is 52.5 Å². The first-order valence-corrected chi connectivity index (χ1v) is 12.8.